The summed E-state index contributed by atoms with van der Waals surface area (Å²) in [4.78, 5) is 15.5. The van der Waals surface area contributed by atoms with E-state index in [1.807, 2.05) is 25.1 Å². The molecule has 0 radical (unpaired) electrons. The summed E-state index contributed by atoms with van der Waals surface area (Å²) < 4.78 is 4.62. The number of rotatable bonds is 4. The largest absolute Gasteiger partial charge is 0.465 e. The number of benzene rings is 1. The lowest BCUT2D eigenvalue weighted by Crippen LogP contribution is -2.05. The van der Waals surface area contributed by atoms with Crippen LogP contribution in [0.5, 0.6) is 0 Å². The van der Waals surface area contributed by atoms with Crippen LogP contribution in [-0.4, -0.2) is 18.1 Å². The van der Waals surface area contributed by atoms with Crippen LogP contribution in [0.1, 0.15) is 21.6 Å². The molecule has 5 heteroatoms. The van der Waals surface area contributed by atoms with E-state index in [1.54, 1.807) is 12.1 Å². The van der Waals surface area contributed by atoms with Crippen molar-refractivity contribution >= 4 is 23.3 Å². The Labute approximate surface area is 122 Å². The predicted molar refractivity (Wildman–Crippen MR) is 79.1 cm³/mol. The van der Waals surface area contributed by atoms with E-state index in [2.05, 4.69) is 15.0 Å². The van der Waals surface area contributed by atoms with Gasteiger partial charge in [-0.15, -0.1) is 0 Å². The summed E-state index contributed by atoms with van der Waals surface area (Å²) in [6.45, 7) is 2.51. The minimum Gasteiger partial charge on any atom is -0.465 e. The second-order valence-electron chi connectivity index (χ2n) is 4.35. The van der Waals surface area contributed by atoms with Crippen LogP contribution in [0.3, 0.4) is 0 Å². The van der Waals surface area contributed by atoms with E-state index in [-0.39, 0.29) is 5.97 Å². The third-order valence-corrected chi connectivity index (χ3v) is 3.30. The highest BCUT2D eigenvalue weighted by atomic mass is 35.5. The fourth-order valence-electron chi connectivity index (χ4n) is 1.66. The number of aromatic nitrogens is 1. The molecule has 1 N–H and O–H groups in total. The first-order chi connectivity index (χ1) is 9.60. The van der Waals surface area contributed by atoms with Crippen molar-refractivity contribution in [1.82, 2.24) is 4.98 Å². The van der Waals surface area contributed by atoms with Gasteiger partial charge in [-0.2, -0.15) is 0 Å². The first-order valence-corrected chi connectivity index (χ1v) is 6.51. The molecule has 0 aliphatic rings. The molecule has 0 atom stereocenters. The minimum atomic E-state index is -0.387. The highest BCUT2D eigenvalue weighted by molar-refractivity contribution is 6.31. The molecule has 0 saturated heterocycles. The molecule has 1 aromatic carbocycles. The van der Waals surface area contributed by atoms with Gasteiger partial charge in [-0.05, 0) is 36.8 Å². The number of halogens is 1. The quantitative estimate of drug-likeness (QED) is 0.876. The lowest BCUT2D eigenvalue weighted by atomic mass is 10.2. The van der Waals surface area contributed by atoms with Crippen molar-refractivity contribution in [3.8, 4) is 0 Å². The molecule has 104 valence electrons. The Kier molecular flexibility index (Phi) is 4.58. The zero-order valence-electron chi connectivity index (χ0n) is 11.3. The summed E-state index contributed by atoms with van der Waals surface area (Å²) in [7, 11) is 1.35. The number of nitrogens with one attached hydrogen (secondary N) is 1. The number of nitrogens with zero attached hydrogens (tertiary/aromatic N) is 1. The number of carbonyl (C=O) groups is 1. The zero-order chi connectivity index (χ0) is 14.5. The molecule has 0 amide bonds. The van der Waals surface area contributed by atoms with Gasteiger partial charge in [0.05, 0.1) is 24.9 Å². The smallest absolute Gasteiger partial charge is 0.339 e. The SMILES string of the molecule is COC(=O)c1ccc(CNc2ccc(C)c(Cl)c2)nc1. The van der Waals surface area contributed by atoms with Gasteiger partial charge in [-0.25, -0.2) is 4.79 Å². The summed E-state index contributed by atoms with van der Waals surface area (Å²) in [5, 5.41) is 3.95. The van der Waals surface area contributed by atoms with Crippen LogP contribution in [0.15, 0.2) is 36.5 Å². The van der Waals surface area contributed by atoms with Crippen LogP contribution in [0.2, 0.25) is 5.02 Å². The van der Waals surface area contributed by atoms with E-state index in [1.165, 1.54) is 13.3 Å². The summed E-state index contributed by atoms with van der Waals surface area (Å²) in [6, 6.07) is 9.27. The average molecular weight is 291 g/mol. The molecule has 0 saturated carbocycles. The van der Waals surface area contributed by atoms with Gasteiger partial charge in [-0.1, -0.05) is 17.7 Å². The van der Waals surface area contributed by atoms with Crippen molar-refractivity contribution in [2.45, 2.75) is 13.5 Å². The van der Waals surface area contributed by atoms with E-state index in [9.17, 15) is 4.79 Å². The molecule has 1 heterocycles. The fraction of sp³-hybridized carbons (Fsp3) is 0.200. The molecule has 0 bridgehead atoms. The van der Waals surface area contributed by atoms with Crippen molar-refractivity contribution in [1.29, 1.82) is 0 Å². The molecule has 0 aliphatic carbocycles. The first kappa shape index (κ1) is 14.3. The summed E-state index contributed by atoms with van der Waals surface area (Å²) >= 11 is 6.06. The number of ether oxygens (including phenoxy) is 1. The lowest BCUT2D eigenvalue weighted by molar-refractivity contribution is 0.0600. The first-order valence-electron chi connectivity index (χ1n) is 6.13. The number of hydrogen-bond donors (Lipinski definition) is 1. The summed E-state index contributed by atoms with van der Waals surface area (Å²) in [5.74, 6) is -0.387. The van der Waals surface area contributed by atoms with Crippen LogP contribution in [0.25, 0.3) is 0 Å². The Bertz CT molecular complexity index is 612. The Morgan fingerprint density at radius 3 is 2.75 bits per heavy atom. The van der Waals surface area contributed by atoms with E-state index < -0.39 is 0 Å². The Balaban J connectivity index is 2.00. The molecule has 0 spiro atoms. The highest BCUT2D eigenvalue weighted by Crippen LogP contribution is 2.20. The molecular formula is C15H15ClN2O2. The van der Waals surface area contributed by atoms with Crippen molar-refractivity contribution in [3.63, 3.8) is 0 Å². The summed E-state index contributed by atoms with van der Waals surface area (Å²) in [6.07, 6.45) is 1.50. The van der Waals surface area contributed by atoms with Crippen LogP contribution in [-0.2, 0) is 11.3 Å². The highest BCUT2D eigenvalue weighted by Gasteiger charge is 2.05. The maximum Gasteiger partial charge on any atom is 0.339 e. The summed E-state index contributed by atoms with van der Waals surface area (Å²) in [5.41, 5.74) is 3.24. The molecule has 0 aliphatic heterocycles. The number of methoxy groups -OCH3 is 1. The number of hydrogen-bond acceptors (Lipinski definition) is 4. The third kappa shape index (κ3) is 3.48. The van der Waals surface area contributed by atoms with Crippen LogP contribution in [0.4, 0.5) is 5.69 Å². The Hall–Kier alpha value is -2.07. The van der Waals surface area contributed by atoms with Crippen LogP contribution < -0.4 is 5.32 Å². The molecule has 1 aromatic heterocycles. The molecule has 20 heavy (non-hydrogen) atoms. The van der Waals surface area contributed by atoms with Crippen molar-refractivity contribution < 1.29 is 9.53 Å². The molecular weight excluding hydrogens is 276 g/mol. The van der Waals surface area contributed by atoms with Gasteiger partial charge in [0.2, 0.25) is 0 Å². The monoisotopic (exact) mass is 290 g/mol. The van der Waals surface area contributed by atoms with Gasteiger partial charge in [0.25, 0.3) is 0 Å². The van der Waals surface area contributed by atoms with Crippen molar-refractivity contribution in [3.05, 3.63) is 58.4 Å². The van der Waals surface area contributed by atoms with Gasteiger partial charge >= 0.3 is 5.97 Å². The molecule has 2 rings (SSSR count). The molecule has 2 aromatic rings. The number of esters is 1. The lowest BCUT2D eigenvalue weighted by Gasteiger charge is -2.08. The Morgan fingerprint density at radius 2 is 2.15 bits per heavy atom. The second kappa shape index (κ2) is 6.39. The third-order valence-electron chi connectivity index (χ3n) is 2.89. The standard InChI is InChI=1S/C15H15ClN2O2/c1-10-3-5-12(7-14(10)16)18-9-13-6-4-11(8-17-13)15(19)20-2/h3-8,18H,9H2,1-2H3. The van der Waals surface area contributed by atoms with Crippen LogP contribution in [0, 0.1) is 6.92 Å². The van der Waals surface area contributed by atoms with E-state index >= 15 is 0 Å². The van der Waals surface area contributed by atoms with Gasteiger partial charge in [0.1, 0.15) is 0 Å². The van der Waals surface area contributed by atoms with Crippen molar-refractivity contribution in [2.24, 2.45) is 0 Å². The van der Waals surface area contributed by atoms with Gasteiger partial charge in [-0.3, -0.25) is 4.98 Å². The predicted octanol–water partition coefficient (Wildman–Crippen LogP) is 3.44. The van der Waals surface area contributed by atoms with E-state index in [0.29, 0.717) is 12.1 Å². The number of aryl methyl sites for hydroxylation is 1. The Morgan fingerprint density at radius 1 is 1.35 bits per heavy atom. The number of anilines is 1. The van der Waals surface area contributed by atoms with Crippen molar-refractivity contribution in [2.75, 3.05) is 12.4 Å². The maximum atomic E-state index is 11.3. The van der Waals surface area contributed by atoms with E-state index in [0.717, 1.165) is 22.0 Å². The minimum absolute atomic E-state index is 0.387. The van der Waals surface area contributed by atoms with E-state index in [4.69, 9.17) is 11.6 Å². The molecule has 0 unspecified atom stereocenters. The maximum absolute atomic E-state index is 11.3. The van der Waals surface area contributed by atoms with Crippen LogP contribution >= 0.6 is 11.6 Å². The van der Waals surface area contributed by atoms with Gasteiger partial charge in [0, 0.05) is 16.9 Å². The van der Waals surface area contributed by atoms with Gasteiger partial charge < -0.3 is 10.1 Å². The second-order valence-corrected chi connectivity index (χ2v) is 4.75. The van der Waals surface area contributed by atoms with Gasteiger partial charge in [0.15, 0.2) is 0 Å². The average Bonchev–Trinajstić information content (AvgIpc) is 2.48. The molecule has 0 fully saturated rings. The topological polar surface area (TPSA) is 51.2 Å². The normalized spacial score (nSPS) is 10.2. The number of carbonyl (C=O) groups excluding carboxylic acids is 1. The zero-order valence-corrected chi connectivity index (χ0v) is 12.1. The molecule has 4 nitrogen and oxygen atoms in total. The number of pyridine rings is 1. The fourth-order valence-corrected chi connectivity index (χ4v) is 1.84.